The molecule has 3 aromatic rings. The van der Waals surface area contributed by atoms with E-state index in [1.807, 2.05) is 29.2 Å². The zero-order valence-electron chi connectivity index (χ0n) is 17.8. The molecule has 0 N–H and O–H groups in total. The summed E-state index contributed by atoms with van der Waals surface area (Å²) < 4.78 is 23.9. The molecular formula is C25H24N2O3S2. The minimum Gasteiger partial charge on any atom is -0.339 e. The van der Waals surface area contributed by atoms with Gasteiger partial charge in [0.15, 0.2) is 9.84 Å². The highest BCUT2D eigenvalue weighted by molar-refractivity contribution is 7.99. The van der Waals surface area contributed by atoms with Crippen molar-refractivity contribution >= 4 is 44.6 Å². The standard InChI is InChI=1S/C25H24N2O3S2/c1-32(29,30)19-12-13-20-18(17-19)7-6-15-27(20)25(28)14-16-26-21-8-2-4-10-23(21)31-24-11-5-3-9-22(24)26/h2-5,8-13,17H,6-7,14-16H2,1H3. The fraction of sp³-hybridized carbons (Fsp3) is 0.240. The molecule has 1 amide bonds. The molecule has 0 unspecified atom stereocenters. The maximum Gasteiger partial charge on any atom is 0.228 e. The summed E-state index contributed by atoms with van der Waals surface area (Å²) in [6.45, 7) is 1.24. The number of aryl methyl sites for hydroxylation is 1. The maximum absolute atomic E-state index is 13.3. The molecule has 0 atom stereocenters. The van der Waals surface area contributed by atoms with E-state index in [-0.39, 0.29) is 5.91 Å². The van der Waals surface area contributed by atoms with E-state index in [9.17, 15) is 13.2 Å². The van der Waals surface area contributed by atoms with Crippen LogP contribution >= 0.6 is 11.8 Å². The molecule has 2 aliphatic rings. The van der Waals surface area contributed by atoms with Gasteiger partial charge in [-0.2, -0.15) is 0 Å². The van der Waals surface area contributed by atoms with Crippen molar-refractivity contribution < 1.29 is 13.2 Å². The van der Waals surface area contributed by atoms with Crippen LogP contribution < -0.4 is 9.80 Å². The number of carbonyl (C=O) groups is 1. The first-order valence-corrected chi connectivity index (χ1v) is 13.4. The molecule has 5 nitrogen and oxygen atoms in total. The van der Waals surface area contributed by atoms with Gasteiger partial charge in [0.2, 0.25) is 5.91 Å². The molecule has 0 aromatic heterocycles. The number of para-hydroxylation sites is 2. The van der Waals surface area contributed by atoms with Gasteiger partial charge in [0, 0.05) is 41.2 Å². The number of hydrogen-bond acceptors (Lipinski definition) is 5. The van der Waals surface area contributed by atoms with Crippen LogP contribution in [0, 0.1) is 0 Å². The first-order chi connectivity index (χ1) is 15.4. The van der Waals surface area contributed by atoms with Crippen molar-refractivity contribution in [2.45, 2.75) is 33.9 Å². The average Bonchev–Trinajstić information content (AvgIpc) is 2.80. The summed E-state index contributed by atoms with van der Waals surface area (Å²) in [6.07, 6.45) is 3.21. The molecule has 2 aliphatic heterocycles. The van der Waals surface area contributed by atoms with Crippen LogP contribution in [0.4, 0.5) is 17.1 Å². The summed E-state index contributed by atoms with van der Waals surface area (Å²) in [4.78, 5) is 20.0. The van der Waals surface area contributed by atoms with Crippen LogP contribution in [0.2, 0.25) is 0 Å². The average molecular weight is 465 g/mol. The number of carbonyl (C=O) groups excluding carboxylic acids is 1. The number of rotatable bonds is 4. The Balaban J connectivity index is 1.39. The van der Waals surface area contributed by atoms with E-state index < -0.39 is 9.84 Å². The molecule has 0 radical (unpaired) electrons. The van der Waals surface area contributed by atoms with Crippen LogP contribution in [-0.2, 0) is 21.1 Å². The molecule has 0 saturated carbocycles. The highest BCUT2D eigenvalue weighted by Gasteiger charge is 2.27. The molecule has 0 fully saturated rings. The second kappa shape index (κ2) is 8.30. The lowest BCUT2D eigenvalue weighted by Gasteiger charge is -2.34. The smallest absolute Gasteiger partial charge is 0.228 e. The Hall–Kier alpha value is -2.77. The second-order valence-corrected chi connectivity index (χ2v) is 11.3. The molecule has 2 heterocycles. The Morgan fingerprint density at radius 3 is 2.25 bits per heavy atom. The Kier molecular flexibility index (Phi) is 5.47. The van der Waals surface area contributed by atoms with E-state index in [4.69, 9.17) is 0 Å². The SMILES string of the molecule is CS(=O)(=O)c1ccc2c(c1)CCCN2C(=O)CCN1c2ccccc2Sc2ccccc21. The van der Waals surface area contributed by atoms with Gasteiger partial charge >= 0.3 is 0 Å². The van der Waals surface area contributed by atoms with Crippen molar-refractivity contribution in [3.63, 3.8) is 0 Å². The Morgan fingerprint density at radius 1 is 0.938 bits per heavy atom. The highest BCUT2D eigenvalue weighted by atomic mass is 32.2. The number of hydrogen-bond donors (Lipinski definition) is 0. The summed E-state index contributed by atoms with van der Waals surface area (Å²) in [7, 11) is -3.27. The van der Waals surface area contributed by atoms with Crippen molar-refractivity contribution in [2.75, 3.05) is 29.1 Å². The zero-order chi connectivity index (χ0) is 22.3. The third-order valence-corrected chi connectivity index (χ3v) is 8.22. The Labute approximate surface area is 193 Å². The van der Waals surface area contributed by atoms with E-state index >= 15 is 0 Å². The number of benzene rings is 3. The van der Waals surface area contributed by atoms with Gasteiger partial charge in [0.1, 0.15) is 0 Å². The summed E-state index contributed by atoms with van der Waals surface area (Å²) >= 11 is 1.76. The first kappa shape index (κ1) is 21.1. The van der Waals surface area contributed by atoms with Gasteiger partial charge in [-0.3, -0.25) is 4.79 Å². The fourth-order valence-corrected chi connectivity index (χ4v) is 6.19. The summed E-state index contributed by atoms with van der Waals surface area (Å²) in [5, 5.41) is 0. The molecule has 0 bridgehead atoms. The maximum atomic E-state index is 13.3. The normalized spacial score (nSPS) is 15.0. The second-order valence-electron chi connectivity index (χ2n) is 8.15. The molecule has 0 spiro atoms. The van der Waals surface area contributed by atoms with E-state index in [0.29, 0.717) is 24.4 Å². The van der Waals surface area contributed by atoms with Crippen molar-refractivity contribution in [1.29, 1.82) is 0 Å². The van der Waals surface area contributed by atoms with Gasteiger partial charge in [-0.15, -0.1) is 0 Å². The van der Waals surface area contributed by atoms with Gasteiger partial charge in [-0.1, -0.05) is 36.0 Å². The monoisotopic (exact) mass is 464 g/mol. The predicted octanol–water partition coefficient (Wildman–Crippen LogP) is 5.06. The lowest BCUT2D eigenvalue weighted by atomic mass is 10.0. The van der Waals surface area contributed by atoms with Crippen LogP contribution in [0.25, 0.3) is 0 Å². The summed E-state index contributed by atoms with van der Waals surface area (Å²) in [5.41, 5.74) is 4.02. The predicted molar refractivity (Wildman–Crippen MR) is 129 cm³/mol. The number of nitrogens with zero attached hydrogens (tertiary/aromatic N) is 2. The van der Waals surface area contributed by atoms with Gasteiger partial charge in [0.25, 0.3) is 0 Å². The highest BCUT2D eigenvalue weighted by Crippen LogP contribution is 2.47. The number of fused-ring (bicyclic) bond motifs is 3. The number of anilines is 3. The number of amides is 1. The lowest BCUT2D eigenvalue weighted by Crippen LogP contribution is -2.37. The van der Waals surface area contributed by atoms with Crippen LogP contribution in [0.15, 0.2) is 81.4 Å². The molecule has 32 heavy (non-hydrogen) atoms. The molecule has 3 aromatic carbocycles. The third-order valence-electron chi connectivity index (χ3n) is 5.98. The van der Waals surface area contributed by atoms with E-state index in [1.165, 1.54) is 16.0 Å². The lowest BCUT2D eigenvalue weighted by molar-refractivity contribution is -0.118. The Morgan fingerprint density at radius 2 is 1.59 bits per heavy atom. The molecule has 5 rings (SSSR count). The van der Waals surface area contributed by atoms with Crippen molar-refractivity contribution in [1.82, 2.24) is 0 Å². The van der Waals surface area contributed by atoms with E-state index in [2.05, 4.69) is 29.2 Å². The third kappa shape index (κ3) is 3.91. The van der Waals surface area contributed by atoms with Gasteiger partial charge in [-0.25, -0.2) is 8.42 Å². The van der Waals surface area contributed by atoms with Crippen molar-refractivity contribution in [2.24, 2.45) is 0 Å². The zero-order valence-corrected chi connectivity index (χ0v) is 19.5. The summed E-state index contributed by atoms with van der Waals surface area (Å²) in [5.74, 6) is 0.0613. The Bertz CT molecular complexity index is 1260. The largest absolute Gasteiger partial charge is 0.339 e. The van der Waals surface area contributed by atoms with E-state index in [0.717, 1.165) is 35.5 Å². The number of sulfone groups is 1. The molecule has 7 heteroatoms. The van der Waals surface area contributed by atoms with Crippen LogP contribution in [0.3, 0.4) is 0 Å². The minimum absolute atomic E-state index is 0.0613. The van der Waals surface area contributed by atoms with Gasteiger partial charge < -0.3 is 9.80 Å². The van der Waals surface area contributed by atoms with E-state index in [1.54, 1.807) is 30.0 Å². The minimum atomic E-state index is -3.27. The van der Waals surface area contributed by atoms with Crippen LogP contribution in [0.5, 0.6) is 0 Å². The van der Waals surface area contributed by atoms with Gasteiger partial charge in [-0.05, 0) is 60.9 Å². The first-order valence-electron chi connectivity index (χ1n) is 10.7. The molecule has 164 valence electrons. The molecular weight excluding hydrogens is 440 g/mol. The van der Waals surface area contributed by atoms with Crippen LogP contribution in [0.1, 0.15) is 18.4 Å². The molecule has 0 saturated heterocycles. The summed E-state index contributed by atoms with van der Waals surface area (Å²) in [6, 6.07) is 21.7. The van der Waals surface area contributed by atoms with Crippen molar-refractivity contribution in [3.8, 4) is 0 Å². The fourth-order valence-electron chi connectivity index (χ4n) is 4.43. The van der Waals surface area contributed by atoms with Gasteiger partial charge in [0.05, 0.1) is 16.3 Å². The van der Waals surface area contributed by atoms with Crippen molar-refractivity contribution in [3.05, 3.63) is 72.3 Å². The van der Waals surface area contributed by atoms with Crippen LogP contribution in [-0.4, -0.2) is 33.7 Å². The quantitative estimate of drug-likeness (QED) is 0.540. The topological polar surface area (TPSA) is 57.7 Å². The molecule has 0 aliphatic carbocycles.